The third-order valence-corrected chi connectivity index (χ3v) is 6.53. The number of hydrogen-bond acceptors (Lipinski definition) is 3. The zero-order valence-electron chi connectivity index (χ0n) is 13.2. The van der Waals surface area contributed by atoms with Crippen molar-refractivity contribution < 1.29 is 9.18 Å². The van der Waals surface area contributed by atoms with Crippen molar-refractivity contribution in [3.8, 4) is 0 Å². The van der Waals surface area contributed by atoms with E-state index in [4.69, 9.17) is 0 Å². The Hall–Kier alpha value is -1.85. The first-order chi connectivity index (χ1) is 11.6. The van der Waals surface area contributed by atoms with Gasteiger partial charge in [0.15, 0.2) is 0 Å². The Kier molecular flexibility index (Phi) is 4.06. The number of benzene rings is 2. The summed E-state index contributed by atoms with van der Waals surface area (Å²) in [5.74, 6) is -0.319. The second kappa shape index (κ2) is 6.22. The summed E-state index contributed by atoms with van der Waals surface area (Å²) in [6.45, 7) is 2.87. The van der Waals surface area contributed by atoms with E-state index in [2.05, 4.69) is 13.0 Å². The van der Waals surface area contributed by atoms with Crippen molar-refractivity contribution in [1.82, 2.24) is 0 Å². The van der Waals surface area contributed by atoms with Crippen molar-refractivity contribution in [2.75, 3.05) is 11.4 Å². The van der Waals surface area contributed by atoms with Gasteiger partial charge in [-0.05, 0) is 36.8 Å². The van der Waals surface area contributed by atoms with Crippen LogP contribution in [0.25, 0.3) is 10.1 Å². The lowest BCUT2D eigenvalue weighted by molar-refractivity contribution is 0.0990. The molecule has 2 heterocycles. The standard InChI is InChI=1S/C19H16FNOS2/c1-12-9-10-21(15-6-2-3-7-17(15)23-12)19(22)18-11-13-14(20)5-4-8-16(13)24-18/h2-8,11-12H,9-10H2,1H3. The number of carbonyl (C=O) groups is 1. The molecule has 1 unspecified atom stereocenters. The van der Waals surface area contributed by atoms with E-state index in [1.165, 1.54) is 17.4 Å². The van der Waals surface area contributed by atoms with E-state index >= 15 is 0 Å². The van der Waals surface area contributed by atoms with Crippen molar-refractivity contribution in [1.29, 1.82) is 0 Å². The molecule has 2 aromatic carbocycles. The van der Waals surface area contributed by atoms with E-state index in [9.17, 15) is 9.18 Å². The van der Waals surface area contributed by atoms with Crippen LogP contribution in [0.2, 0.25) is 0 Å². The van der Waals surface area contributed by atoms with Gasteiger partial charge in [-0.1, -0.05) is 25.1 Å². The average Bonchev–Trinajstić information content (AvgIpc) is 2.94. The minimum atomic E-state index is -0.275. The van der Waals surface area contributed by atoms with Crippen LogP contribution in [0, 0.1) is 5.82 Å². The maximum atomic E-state index is 13.9. The average molecular weight is 357 g/mol. The number of anilines is 1. The van der Waals surface area contributed by atoms with Crippen LogP contribution in [0.15, 0.2) is 53.4 Å². The highest BCUT2D eigenvalue weighted by Gasteiger charge is 2.26. The predicted octanol–water partition coefficient (Wildman–Crippen LogP) is 5.57. The number of amides is 1. The Morgan fingerprint density at radius 3 is 2.88 bits per heavy atom. The van der Waals surface area contributed by atoms with Gasteiger partial charge in [0.25, 0.3) is 5.91 Å². The van der Waals surface area contributed by atoms with Crippen LogP contribution < -0.4 is 4.90 Å². The fourth-order valence-corrected chi connectivity index (χ4v) is 5.10. The second-order valence-electron chi connectivity index (χ2n) is 5.90. The summed E-state index contributed by atoms with van der Waals surface area (Å²) in [7, 11) is 0. The number of thiophene rings is 1. The fraction of sp³-hybridized carbons (Fsp3) is 0.211. The van der Waals surface area contributed by atoms with E-state index < -0.39 is 0 Å². The van der Waals surface area contributed by atoms with E-state index in [1.54, 1.807) is 23.9 Å². The zero-order valence-corrected chi connectivity index (χ0v) is 14.8. The first-order valence-electron chi connectivity index (χ1n) is 7.89. The van der Waals surface area contributed by atoms with Gasteiger partial charge in [0.1, 0.15) is 5.82 Å². The van der Waals surface area contributed by atoms with Gasteiger partial charge in [-0.15, -0.1) is 23.1 Å². The van der Waals surface area contributed by atoms with Crippen molar-refractivity contribution >= 4 is 44.8 Å². The van der Waals surface area contributed by atoms with Gasteiger partial charge in [0.05, 0.1) is 10.6 Å². The molecular formula is C19H16FNOS2. The molecule has 5 heteroatoms. The number of fused-ring (bicyclic) bond motifs is 2. The largest absolute Gasteiger partial charge is 0.306 e. The molecule has 0 saturated heterocycles. The molecule has 1 atom stereocenters. The molecule has 1 aliphatic rings. The molecule has 24 heavy (non-hydrogen) atoms. The molecule has 4 rings (SSSR count). The highest BCUT2D eigenvalue weighted by atomic mass is 32.2. The number of carbonyl (C=O) groups excluding carboxylic acids is 1. The van der Waals surface area contributed by atoms with E-state index in [0.29, 0.717) is 22.1 Å². The third kappa shape index (κ3) is 2.72. The van der Waals surface area contributed by atoms with Crippen LogP contribution in [-0.4, -0.2) is 17.7 Å². The van der Waals surface area contributed by atoms with Crippen LogP contribution >= 0.6 is 23.1 Å². The Morgan fingerprint density at radius 1 is 1.21 bits per heavy atom. The molecule has 1 aliphatic heterocycles. The number of thioether (sulfide) groups is 1. The Morgan fingerprint density at radius 2 is 2.04 bits per heavy atom. The summed E-state index contributed by atoms with van der Waals surface area (Å²) in [5.41, 5.74) is 0.953. The highest BCUT2D eigenvalue weighted by molar-refractivity contribution is 8.00. The topological polar surface area (TPSA) is 20.3 Å². The van der Waals surface area contributed by atoms with Crippen molar-refractivity contribution in [3.05, 3.63) is 59.2 Å². The maximum absolute atomic E-state index is 13.9. The van der Waals surface area contributed by atoms with Gasteiger partial charge in [0, 0.05) is 26.8 Å². The normalized spacial score (nSPS) is 17.6. The smallest absolute Gasteiger partial charge is 0.268 e. The highest BCUT2D eigenvalue weighted by Crippen LogP contribution is 2.38. The molecule has 122 valence electrons. The minimum absolute atomic E-state index is 0.0437. The van der Waals surface area contributed by atoms with Crippen molar-refractivity contribution in [2.24, 2.45) is 0 Å². The fourth-order valence-electron chi connectivity index (χ4n) is 2.96. The third-order valence-electron chi connectivity index (χ3n) is 4.21. The Balaban J connectivity index is 1.76. The van der Waals surface area contributed by atoms with Crippen LogP contribution in [0.3, 0.4) is 0 Å². The number of para-hydroxylation sites is 1. The number of nitrogens with zero attached hydrogens (tertiary/aromatic N) is 1. The molecule has 0 fully saturated rings. The summed E-state index contributed by atoms with van der Waals surface area (Å²) in [6.07, 6.45) is 0.935. The molecule has 0 radical (unpaired) electrons. The van der Waals surface area contributed by atoms with Crippen LogP contribution in [0.5, 0.6) is 0 Å². The van der Waals surface area contributed by atoms with Crippen molar-refractivity contribution in [2.45, 2.75) is 23.5 Å². The summed E-state index contributed by atoms with van der Waals surface area (Å²) < 4.78 is 14.7. The van der Waals surface area contributed by atoms with Gasteiger partial charge in [0.2, 0.25) is 0 Å². The zero-order chi connectivity index (χ0) is 16.7. The van der Waals surface area contributed by atoms with Gasteiger partial charge < -0.3 is 4.90 Å². The van der Waals surface area contributed by atoms with Crippen LogP contribution in [0.1, 0.15) is 23.0 Å². The first-order valence-corrected chi connectivity index (χ1v) is 9.59. The number of halogens is 1. The lowest BCUT2D eigenvalue weighted by Gasteiger charge is -2.21. The summed E-state index contributed by atoms with van der Waals surface area (Å²) in [4.78, 5) is 16.7. The van der Waals surface area contributed by atoms with Crippen molar-refractivity contribution in [3.63, 3.8) is 0 Å². The second-order valence-corrected chi connectivity index (χ2v) is 8.47. The molecule has 1 amide bonds. The molecule has 0 aliphatic carbocycles. The maximum Gasteiger partial charge on any atom is 0.268 e. The van der Waals surface area contributed by atoms with Gasteiger partial charge >= 0.3 is 0 Å². The van der Waals surface area contributed by atoms with Gasteiger partial charge in [-0.25, -0.2) is 4.39 Å². The molecular weight excluding hydrogens is 341 g/mol. The van der Waals surface area contributed by atoms with Crippen LogP contribution in [0.4, 0.5) is 10.1 Å². The van der Waals surface area contributed by atoms with E-state index in [0.717, 1.165) is 21.7 Å². The molecule has 1 aromatic heterocycles. The quantitative estimate of drug-likeness (QED) is 0.567. The molecule has 0 spiro atoms. The molecule has 2 nitrogen and oxygen atoms in total. The van der Waals surface area contributed by atoms with Crippen LogP contribution in [-0.2, 0) is 0 Å². The summed E-state index contributed by atoms with van der Waals surface area (Å²) in [6, 6.07) is 14.7. The SMILES string of the molecule is CC1CCN(C(=O)c2cc3c(F)cccc3s2)c2ccccc2S1. The summed E-state index contributed by atoms with van der Waals surface area (Å²) in [5, 5.41) is 0.987. The lowest BCUT2D eigenvalue weighted by Crippen LogP contribution is -2.31. The molecule has 0 N–H and O–H groups in total. The molecule has 0 saturated carbocycles. The number of rotatable bonds is 1. The number of hydrogen-bond donors (Lipinski definition) is 0. The summed E-state index contributed by atoms with van der Waals surface area (Å²) >= 11 is 3.16. The Bertz CT molecular complexity index is 921. The van der Waals surface area contributed by atoms with Gasteiger partial charge in [-0.2, -0.15) is 0 Å². The molecule has 3 aromatic rings. The Labute approximate surface area is 148 Å². The predicted molar refractivity (Wildman–Crippen MR) is 99.8 cm³/mol. The van der Waals surface area contributed by atoms with E-state index in [-0.39, 0.29) is 11.7 Å². The van der Waals surface area contributed by atoms with E-state index in [1.807, 2.05) is 29.2 Å². The first kappa shape index (κ1) is 15.7. The monoisotopic (exact) mass is 357 g/mol. The molecule has 0 bridgehead atoms. The lowest BCUT2D eigenvalue weighted by atomic mass is 10.2. The van der Waals surface area contributed by atoms with Gasteiger partial charge in [-0.3, -0.25) is 4.79 Å². The minimum Gasteiger partial charge on any atom is -0.306 e.